The number of nitrogens with zero attached hydrogens (tertiary/aromatic N) is 1. The molecular formula is C12H12N2O3S2. The first kappa shape index (κ1) is 13.8. The number of carboxylic acid groups (broad SMARTS) is 1. The van der Waals surface area contributed by atoms with E-state index < -0.39 is 12.0 Å². The number of fused-ring (bicyclic) bond motifs is 1. The van der Waals surface area contributed by atoms with Crippen molar-refractivity contribution in [1.82, 2.24) is 10.3 Å². The number of rotatable bonds is 5. The Hall–Kier alpha value is -1.60. The zero-order valence-corrected chi connectivity index (χ0v) is 11.8. The molecule has 1 aromatic heterocycles. The third kappa shape index (κ3) is 3.68. The minimum Gasteiger partial charge on any atom is -0.480 e. The normalized spacial score (nSPS) is 12.3. The summed E-state index contributed by atoms with van der Waals surface area (Å²) in [7, 11) is 0. The Bertz CT molecular complexity index is 579. The topological polar surface area (TPSA) is 79.3 Å². The number of amides is 1. The Balaban J connectivity index is 1.91. The maximum absolute atomic E-state index is 11.5. The van der Waals surface area contributed by atoms with E-state index in [1.54, 1.807) is 0 Å². The third-order valence-corrected chi connectivity index (χ3v) is 4.53. The van der Waals surface area contributed by atoms with Crippen LogP contribution in [0.5, 0.6) is 0 Å². The molecular weight excluding hydrogens is 284 g/mol. The van der Waals surface area contributed by atoms with Crippen LogP contribution in [0.1, 0.15) is 6.92 Å². The molecule has 2 N–H and O–H groups in total. The van der Waals surface area contributed by atoms with E-state index in [0.717, 1.165) is 14.6 Å². The summed E-state index contributed by atoms with van der Waals surface area (Å²) in [5.41, 5.74) is 0.911. The van der Waals surface area contributed by atoms with Crippen LogP contribution in [0.15, 0.2) is 28.6 Å². The highest BCUT2D eigenvalue weighted by Crippen LogP contribution is 2.28. The predicted molar refractivity (Wildman–Crippen MR) is 75.6 cm³/mol. The minimum atomic E-state index is -1.04. The van der Waals surface area contributed by atoms with E-state index in [1.807, 2.05) is 24.3 Å². The molecule has 0 bridgehead atoms. The summed E-state index contributed by atoms with van der Waals surface area (Å²) in [6.07, 6.45) is 0. The predicted octanol–water partition coefficient (Wildman–Crippen LogP) is 1.98. The number of carboxylic acids is 1. The Morgan fingerprint density at radius 3 is 2.89 bits per heavy atom. The van der Waals surface area contributed by atoms with Crippen LogP contribution in [0, 0.1) is 0 Å². The Labute approximate surface area is 118 Å². The van der Waals surface area contributed by atoms with Gasteiger partial charge in [0.25, 0.3) is 0 Å². The molecule has 7 heteroatoms. The first-order valence-corrected chi connectivity index (χ1v) is 7.37. The number of nitrogens with one attached hydrogen (secondary N) is 1. The number of thioether (sulfide) groups is 1. The molecule has 1 aromatic carbocycles. The number of para-hydroxylation sites is 1. The zero-order chi connectivity index (χ0) is 13.8. The summed E-state index contributed by atoms with van der Waals surface area (Å²) >= 11 is 2.83. The maximum atomic E-state index is 11.5. The molecule has 100 valence electrons. The first-order valence-electron chi connectivity index (χ1n) is 5.57. The van der Waals surface area contributed by atoms with Gasteiger partial charge in [0.1, 0.15) is 6.04 Å². The fourth-order valence-corrected chi connectivity index (χ4v) is 3.26. The lowest BCUT2D eigenvalue weighted by atomic mass is 10.3. The quantitative estimate of drug-likeness (QED) is 0.825. The van der Waals surface area contributed by atoms with Crippen molar-refractivity contribution in [1.29, 1.82) is 0 Å². The van der Waals surface area contributed by atoms with E-state index in [4.69, 9.17) is 5.11 Å². The highest BCUT2D eigenvalue weighted by molar-refractivity contribution is 8.01. The number of aliphatic carboxylic acids is 1. The summed E-state index contributed by atoms with van der Waals surface area (Å²) in [5, 5.41) is 11.1. The molecule has 0 aliphatic rings. The lowest BCUT2D eigenvalue weighted by Gasteiger charge is -2.07. The van der Waals surface area contributed by atoms with Gasteiger partial charge in [-0.2, -0.15) is 0 Å². The molecule has 2 rings (SSSR count). The fraction of sp³-hybridized carbons (Fsp3) is 0.250. The van der Waals surface area contributed by atoms with Gasteiger partial charge in [-0.05, 0) is 19.1 Å². The summed E-state index contributed by atoms with van der Waals surface area (Å²) in [6.45, 7) is 1.43. The van der Waals surface area contributed by atoms with E-state index >= 15 is 0 Å². The van der Waals surface area contributed by atoms with Crippen LogP contribution in [-0.2, 0) is 9.59 Å². The van der Waals surface area contributed by atoms with Crippen LogP contribution in [0.3, 0.4) is 0 Å². The van der Waals surface area contributed by atoms with E-state index in [-0.39, 0.29) is 11.7 Å². The second kappa shape index (κ2) is 6.03. The molecule has 0 radical (unpaired) electrons. The summed E-state index contributed by atoms with van der Waals surface area (Å²) < 4.78 is 1.88. The van der Waals surface area contributed by atoms with Crippen LogP contribution >= 0.6 is 23.1 Å². The van der Waals surface area contributed by atoms with Crippen LogP contribution in [0.2, 0.25) is 0 Å². The number of hydrogen-bond acceptors (Lipinski definition) is 5. The summed E-state index contributed by atoms with van der Waals surface area (Å²) in [6, 6.07) is 6.88. The van der Waals surface area contributed by atoms with Gasteiger partial charge in [-0.1, -0.05) is 23.9 Å². The minimum absolute atomic E-state index is 0.164. The van der Waals surface area contributed by atoms with Crippen LogP contribution < -0.4 is 5.32 Å². The molecule has 0 fully saturated rings. The van der Waals surface area contributed by atoms with Crippen molar-refractivity contribution in [3.05, 3.63) is 24.3 Å². The van der Waals surface area contributed by atoms with Gasteiger partial charge < -0.3 is 10.4 Å². The van der Waals surface area contributed by atoms with Gasteiger partial charge in [-0.15, -0.1) is 11.3 Å². The van der Waals surface area contributed by atoms with Crippen LogP contribution in [0.4, 0.5) is 0 Å². The van der Waals surface area contributed by atoms with Crippen LogP contribution in [-0.4, -0.2) is 33.8 Å². The summed E-state index contributed by atoms with van der Waals surface area (Å²) in [5.74, 6) is -1.19. The van der Waals surface area contributed by atoms with Crippen molar-refractivity contribution in [2.45, 2.75) is 17.3 Å². The number of thiazole rings is 1. The maximum Gasteiger partial charge on any atom is 0.325 e. The number of carbonyl (C=O) groups excluding carboxylic acids is 1. The van der Waals surface area contributed by atoms with Gasteiger partial charge in [-0.3, -0.25) is 9.59 Å². The molecule has 0 unspecified atom stereocenters. The van der Waals surface area contributed by atoms with Crippen molar-refractivity contribution in [2.24, 2.45) is 0 Å². The number of aromatic nitrogens is 1. The number of benzene rings is 1. The fourth-order valence-electron chi connectivity index (χ4n) is 1.38. The average molecular weight is 296 g/mol. The zero-order valence-electron chi connectivity index (χ0n) is 10.1. The third-order valence-electron chi connectivity index (χ3n) is 2.35. The lowest BCUT2D eigenvalue weighted by Crippen LogP contribution is -2.39. The van der Waals surface area contributed by atoms with Gasteiger partial charge in [0, 0.05) is 0 Å². The second-order valence-corrected chi connectivity index (χ2v) is 6.12. The van der Waals surface area contributed by atoms with Gasteiger partial charge >= 0.3 is 5.97 Å². The van der Waals surface area contributed by atoms with Gasteiger partial charge in [-0.25, -0.2) is 4.98 Å². The highest BCUT2D eigenvalue weighted by Gasteiger charge is 2.14. The van der Waals surface area contributed by atoms with Gasteiger partial charge in [0.2, 0.25) is 5.91 Å². The van der Waals surface area contributed by atoms with Crippen molar-refractivity contribution < 1.29 is 14.7 Å². The van der Waals surface area contributed by atoms with Crippen molar-refractivity contribution in [3.63, 3.8) is 0 Å². The van der Waals surface area contributed by atoms with E-state index in [2.05, 4.69) is 10.3 Å². The van der Waals surface area contributed by atoms with Gasteiger partial charge in [0.15, 0.2) is 4.34 Å². The molecule has 2 aromatic rings. The SMILES string of the molecule is C[C@@H](NC(=O)CSc1nc2ccccc2s1)C(=O)O. The van der Waals surface area contributed by atoms with E-state index in [0.29, 0.717) is 0 Å². The van der Waals surface area contributed by atoms with Crippen molar-refractivity contribution in [3.8, 4) is 0 Å². The lowest BCUT2D eigenvalue weighted by molar-refractivity contribution is -0.140. The Kier molecular flexibility index (Phi) is 4.39. The largest absolute Gasteiger partial charge is 0.480 e. The van der Waals surface area contributed by atoms with Crippen LogP contribution in [0.25, 0.3) is 10.2 Å². The highest BCUT2D eigenvalue weighted by atomic mass is 32.2. The molecule has 0 spiro atoms. The molecule has 0 aliphatic heterocycles. The number of hydrogen-bond donors (Lipinski definition) is 2. The molecule has 5 nitrogen and oxygen atoms in total. The Morgan fingerprint density at radius 1 is 1.47 bits per heavy atom. The van der Waals surface area contributed by atoms with E-state index in [1.165, 1.54) is 30.0 Å². The monoisotopic (exact) mass is 296 g/mol. The van der Waals surface area contributed by atoms with Crippen molar-refractivity contribution >= 4 is 45.2 Å². The first-order chi connectivity index (χ1) is 9.06. The molecule has 1 amide bonds. The molecule has 19 heavy (non-hydrogen) atoms. The molecule has 0 saturated carbocycles. The number of carbonyl (C=O) groups is 2. The summed E-state index contributed by atoms with van der Waals surface area (Å²) in [4.78, 5) is 26.5. The molecule has 1 heterocycles. The molecule has 1 atom stereocenters. The van der Waals surface area contributed by atoms with Gasteiger partial charge in [0.05, 0.1) is 16.0 Å². The smallest absolute Gasteiger partial charge is 0.325 e. The van der Waals surface area contributed by atoms with Crippen molar-refractivity contribution in [2.75, 3.05) is 5.75 Å². The average Bonchev–Trinajstić information content (AvgIpc) is 2.78. The second-order valence-electron chi connectivity index (χ2n) is 3.86. The standard InChI is InChI=1S/C12H12N2O3S2/c1-7(11(16)17)13-10(15)6-18-12-14-8-4-2-3-5-9(8)19-12/h2-5,7H,6H2,1H3,(H,13,15)(H,16,17)/t7-/m1/s1. The Morgan fingerprint density at radius 2 is 2.21 bits per heavy atom. The van der Waals surface area contributed by atoms with E-state index in [9.17, 15) is 9.59 Å². The molecule has 0 aliphatic carbocycles. The molecule has 0 saturated heterocycles.